The van der Waals surface area contributed by atoms with Gasteiger partial charge in [-0.05, 0) is 34.5 Å². The first-order chi connectivity index (χ1) is 8.60. The maximum absolute atomic E-state index is 12.0. The Hall–Kier alpha value is -1.33. The molecule has 0 saturated heterocycles. The second kappa shape index (κ2) is 5.54. The highest BCUT2D eigenvalue weighted by molar-refractivity contribution is 9.10. The van der Waals surface area contributed by atoms with E-state index in [1.54, 1.807) is 13.2 Å². The molecule has 1 aliphatic carbocycles. The van der Waals surface area contributed by atoms with Crippen LogP contribution >= 0.6 is 15.9 Å². The fourth-order valence-electron chi connectivity index (χ4n) is 1.87. The normalized spacial score (nSPS) is 21.9. The number of hydrogen-bond acceptors (Lipinski definition) is 3. The zero-order chi connectivity index (χ0) is 13.1. The van der Waals surface area contributed by atoms with Crippen LogP contribution in [0.25, 0.3) is 0 Å². The predicted octanol–water partition coefficient (Wildman–Crippen LogP) is 2.30. The first-order valence-corrected chi connectivity index (χ1v) is 6.48. The Labute approximate surface area is 114 Å². The van der Waals surface area contributed by atoms with Crippen LogP contribution < -0.4 is 15.8 Å². The van der Waals surface area contributed by atoms with Gasteiger partial charge in [-0.2, -0.15) is 0 Å². The lowest BCUT2D eigenvalue weighted by molar-refractivity contribution is -0.118. The van der Waals surface area contributed by atoms with Crippen LogP contribution in [0, 0.1) is 5.92 Å². The topological polar surface area (TPSA) is 64.3 Å². The minimum absolute atomic E-state index is 0.0190. The zero-order valence-corrected chi connectivity index (χ0v) is 11.6. The molecule has 2 rings (SSSR count). The molecule has 1 amide bonds. The molecule has 0 bridgehead atoms. The smallest absolute Gasteiger partial charge is 0.231 e. The lowest BCUT2D eigenvalue weighted by atomic mass is 10.1. The molecule has 0 radical (unpaired) electrons. The molecule has 0 aliphatic heterocycles. The van der Waals surface area contributed by atoms with E-state index in [2.05, 4.69) is 21.2 Å². The van der Waals surface area contributed by atoms with Gasteiger partial charge in [-0.1, -0.05) is 12.2 Å². The first-order valence-electron chi connectivity index (χ1n) is 5.68. The number of benzene rings is 1. The van der Waals surface area contributed by atoms with Crippen molar-refractivity contribution < 1.29 is 9.53 Å². The van der Waals surface area contributed by atoms with Gasteiger partial charge < -0.3 is 15.8 Å². The number of methoxy groups -OCH3 is 1. The summed E-state index contributed by atoms with van der Waals surface area (Å²) in [6, 6.07) is 5.42. The van der Waals surface area contributed by atoms with Gasteiger partial charge in [-0.15, -0.1) is 0 Å². The Morgan fingerprint density at radius 2 is 2.28 bits per heavy atom. The van der Waals surface area contributed by atoms with E-state index in [1.807, 2.05) is 24.3 Å². The van der Waals surface area contributed by atoms with Gasteiger partial charge >= 0.3 is 0 Å². The maximum atomic E-state index is 12.0. The SMILES string of the molecule is COc1ccc(Br)c(NC(=O)C2C=CC(N)C2)c1. The van der Waals surface area contributed by atoms with Crippen LogP contribution in [0.1, 0.15) is 6.42 Å². The molecule has 96 valence electrons. The summed E-state index contributed by atoms with van der Waals surface area (Å²) in [5.74, 6) is 0.499. The highest BCUT2D eigenvalue weighted by Crippen LogP contribution is 2.28. The molecule has 0 aromatic heterocycles. The van der Waals surface area contributed by atoms with Gasteiger partial charge in [-0.25, -0.2) is 0 Å². The second-order valence-corrected chi connectivity index (χ2v) is 5.08. The largest absolute Gasteiger partial charge is 0.497 e. The molecule has 1 aliphatic rings. The van der Waals surface area contributed by atoms with E-state index in [9.17, 15) is 4.79 Å². The average molecular weight is 311 g/mol. The summed E-state index contributed by atoms with van der Waals surface area (Å²) in [5.41, 5.74) is 6.44. The molecule has 4 nitrogen and oxygen atoms in total. The molecule has 0 saturated carbocycles. The lowest BCUT2D eigenvalue weighted by Crippen LogP contribution is -2.24. The van der Waals surface area contributed by atoms with Gasteiger partial charge in [0, 0.05) is 16.6 Å². The van der Waals surface area contributed by atoms with Gasteiger partial charge in [0.15, 0.2) is 0 Å². The van der Waals surface area contributed by atoms with Crippen molar-refractivity contribution in [2.75, 3.05) is 12.4 Å². The number of ether oxygens (including phenoxy) is 1. The number of rotatable bonds is 3. The van der Waals surface area contributed by atoms with Crippen molar-refractivity contribution in [3.8, 4) is 5.75 Å². The minimum atomic E-state index is -0.155. The summed E-state index contributed by atoms with van der Waals surface area (Å²) in [5, 5.41) is 2.87. The molecule has 2 atom stereocenters. The summed E-state index contributed by atoms with van der Waals surface area (Å²) in [6.07, 6.45) is 4.38. The number of amides is 1. The Bertz CT molecular complexity index is 488. The molecular weight excluding hydrogens is 296 g/mol. The van der Waals surface area contributed by atoms with Crippen LogP contribution in [0.5, 0.6) is 5.75 Å². The van der Waals surface area contributed by atoms with Gasteiger partial charge in [0.25, 0.3) is 0 Å². The summed E-state index contributed by atoms with van der Waals surface area (Å²) in [6.45, 7) is 0. The zero-order valence-electron chi connectivity index (χ0n) is 10.0. The number of nitrogens with two attached hydrogens (primary N) is 1. The van der Waals surface area contributed by atoms with Crippen LogP contribution in [0.4, 0.5) is 5.69 Å². The van der Waals surface area contributed by atoms with Crippen LogP contribution in [0.15, 0.2) is 34.8 Å². The average Bonchev–Trinajstić information content (AvgIpc) is 2.79. The summed E-state index contributed by atoms with van der Waals surface area (Å²) >= 11 is 3.40. The molecule has 18 heavy (non-hydrogen) atoms. The number of anilines is 1. The van der Waals surface area contributed by atoms with Crippen LogP contribution in [0.2, 0.25) is 0 Å². The molecule has 2 unspecified atom stereocenters. The number of carbonyl (C=O) groups excluding carboxylic acids is 1. The summed E-state index contributed by atoms with van der Waals surface area (Å²) < 4.78 is 5.95. The van der Waals surface area contributed by atoms with Crippen molar-refractivity contribution in [3.05, 3.63) is 34.8 Å². The highest BCUT2D eigenvalue weighted by atomic mass is 79.9. The molecular formula is C13H15BrN2O2. The standard InChI is InChI=1S/C13H15BrN2O2/c1-18-10-4-5-11(14)12(7-10)16-13(17)8-2-3-9(15)6-8/h2-5,7-9H,6,15H2,1H3,(H,16,17). The summed E-state index contributed by atoms with van der Waals surface area (Å²) in [4.78, 5) is 12.0. The summed E-state index contributed by atoms with van der Waals surface area (Å²) in [7, 11) is 1.59. The number of nitrogens with one attached hydrogen (secondary N) is 1. The third-order valence-corrected chi connectivity index (χ3v) is 3.58. The van der Waals surface area contributed by atoms with E-state index in [0.29, 0.717) is 17.9 Å². The van der Waals surface area contributed by atoms with Gasteiger partial charge in [0.2, 0.25) is 5.91 Å². The van der Waals surface area contributed by atoms with Crippen LogP contribution in [0.3, 0.4) is 0 Å². The van der Waals surface area contributed by atoms with Crippen molar-refractivity contribution in [3.63, 3.8) is 0 Å². The Kier molecular flexibility index (Phi) is 4.04. The predicted molar refractivity (Wildman–Crippen MR) is 74.5 cm³/mol. The molecule has 0 fully saturated rings. The van der Waals surface area contributed by atoms with Gasteiger partial charge in [0.05, 0.1) is 18.7 Å². The number of hydrogen-bond donors (Lipinski definition) is 2. The van der Waals surface area contributed by atoms with Crippen molar-refractivity contribution in [2.24, 2.45) is 11.7 Å². The lowest BCUT2D eigenvalue weighted by Gasteiger charge is -2.12. The molecule has 0 spiro atoms. The van der Waals surface area contributed by atoms with Crippen LogP contribution in [-0.4, -0.2) is 19.1 Å². The Balaban J connectivity index is 2.09. The molecule has 5 heteroatoms. The number of halogens is 1. The minimum Gasteiger partial charge on any atom is -0.497 e. The molecule has 3 N–H and O–H groups in total. The van der Waals surface area contributed by atoms with Gasteiger partial charge in [-0.3, -0.25) is 4.79 Å². The molecule has 1 aromatic carbocycles. The quantitative estimate of drug-likeness (QED) is 0.842. The fourth-order valence-corrected chi connectivity index (χ4v) is 2.22. The molecule has 0 heterocycles. The van der Waals surface area contributed by atoms with Crippen molar-refractivity contribution in [1.82, 2.24) is 0 Å². The first kappa shape index (κ1) is 13.1. The fraction of sp³-hybridized carbons (Fsp3) is 0.308. The van der Waals surface area contributed by atoms with Gasteiger partial charge in [0.1, 0.15) is 5.75 Å². The third kappa shape index (κ3) is 2.91. The van der Waals surface area contributed by atoms with Crippen molar-refractivity contribution >= 4 is 27.5 Å². The third-order valence-electron chi connectivity index (χ3n) is 2.88. The van der Waals surface area contributed by atoms with E-state index >= 15 is 0 Å². The molecule has 1 aromatic rings. The van der Waals surface area contributed by atoms with E-state index in [0.717, 1.165) is 4.47 Å². The second-order valence-electron chi connectivity index (χ2n) is 4.23. The number of carbonyl (C=O) groups is 1. The van der Waals surface area contributed by atoms with Crippen molar-refractivity contribution in [2.45, 2.75) is 12.5 Å². The van der Waals surface area contributed by atoms with Crippen LogP contribution in [-0.2, 0) is 4.79 Å². The van der Waals surface area contributed by atoms with E-state index in [-0.39, 0.29) is 17.9 Å². The monoisotopic (exact) mass is 310 g/mol. The van der Waals surface area contributed by atoms with E-state index < -0.39 is 0 Å². The van der Waals surface area contributed by atoms with Crippen molar-refractivity contribution in [1.29, 1.82) is 0 Å². The van der Waals surface area contributed by atoms with E-state index in [4.69, 9.17) is 10.5 Å². The highest BCUT2D eigenvalue weighted by Gasteiger charge is 2.23. The Morgan fingerprint density at radius 3 is 2.89 bits per heavy atom. The maximum Gasteiger partial charge on any atom is 0.231 e. The Morgan fingerprint density at radius 1 is 1.50 bits per heavy atom. The van der Waals surface area contributed by atoms with E-state index in [1.165, 1.54) is 0 Å².